The highest BCUT2D eigenvalue weighted by atomic mass is 16.5. The molecular weight excluding hydrogens is 320 g/mol. The van der Waals surface area contributed by atoms with Crippen molar-refractivity contribution in [1.82, 2.24) is 15.3 Å². The van der Waals surface area contributed by atoms with Gasteiger partial charge in [0.15, 0.2) is 11.7 Å². The molecule has 6 N–H and O–H groups in total. The SMILES string of the molecule is CNC(N)=NC(=O)c1cc2cccc(Oc3cc(CN)ccn3)c2[nH]1. The molecule has 3 aromatic rings. The van der Waals surface area contributed by atoms with Crippen LogP contribution in [0.5, 0.6) is 11.6 Å². The molecular formula is C17H18N6O2. The van der Waals surface area contributed by atoms with Crippen LogP contribution < -0.4 is 21.5 Å². The predicted octanol–water partition coefficient (Wildman–Crippen LogP) is 1.49. The van der Waals surface area contributed by atoms with Crippen LogP contribution in [0.25, 0.3) is 10.9 Å². The number of fused-ring (bicyclic) bond motifs is 1. The Kier molecular flexibility index (Phi) is 4.62. The highest BCUT2D eigenvalue weighted by Gasteiger charge is 2.13. The Morgan fingerprint density at radius 2 is 2.20 bits per heavy atom. The lowest BCUT2D eigenvalue weighted by atomic mass is 10.2. The van der Waals surface area contributed by atoms with Crippen molar-refractivity contribution >= 4 is 22.8 Å². The summed E-state index contributed by atoms with van der Waals surface area (Å²) in [5.74, 6) is 0.541. The number of pyridine rings is 1. The Morgan fingerprint density at radius 1 is 1.36 bits per heavy atom. The Morgan fingerprint density at radius 3 is 2.96 bits per heavy atom. The highest BCUT2D eigenvalue weighted by molar-refractivity contribution is 6.04. The molecule has 8 nitrogen and oxygen atoms in total. The van der Waals surface area contributed by atoms with Crippen LogP contribution in [0.4, 0.5) is 0 Å². The van der Waals surface area contributed by atoms with Gasteiger partial charge in [0.05, 0.1) is 5.52 Å². The van der Waals surface area contributed by atoms with E-state index >= 15 is 0 Å². The van der Waals surface area contributed by atoms with Gasteiger partial charge in [0.2, 0.25) is 5.88 Å². The molecule has 2 aromatic heterocycles. The molecule has 0 saturated heterocycles. The molecule has 0 atom stereocenters. The minimum Gasteiger partial charge on any atom is -0.437 e. The average molecular weight is 338 g/mol. The van der Waals surface area contributed by atoms with E-state index in [-0.39, 0.29) is 5.96 Å². The first kappa shape index (κ1) is 16.5. The van der Waals surface area contributed by atoms with E-state index in [9.17, 15) is 4.79 Å². The van der Waals surface area contributed by atoms with Gasteiger partial charge in [-0.25, -0.2) is 4.98 Å². The fourth-order valence-electron chi connectivity index (χ4n) is 2.30. The second-order valence-corrected chi connectivity index (χ2v) is 5.26. The largest absolute Gasteiger partial charge is 0.437 e. The Bertz CT molecular complexity index is 947. The monoisotopic (exact) mass is 338 g/mol. The van der Waals surface area contributed by atoms with Gasteiger partial charge < -0.3 is 26.5 Å². The average Bonchev–Trinajstić information content (AvgIpc) is 3.07. The van der Waals surface area contributed by atoms with E-state index < -0.39 is 5.91 Å². The van der Waals surface area contributed by atoms with Gasteiger partial charge in [-0.3, -0.25) is 4.79 Å². The lowest BCUT2D eigenvalue weighted by Gasteiger charge is -2.07. The number of rotatable bonds is 4. The molecule has 0 aliphatic heterocycles. The molecule has 1 aromatic carbocycles. The van der Waals surface area contributed by atoms with Crippen molar-refractivity contribution in [3.8, 4) is 11.6 Å². The van der Waals surface area contributed by atoms with Crippen molar-refractivity contribution in [3.63, 3.8) is 0 Å². The number of nitrogens with two attached hydrogens (primary N) is 2. The van der Waals surface area contributed by atoms with Crippen molar-refractivity contribution in [2.45, 2.75) is 6.54 Å². The molecule has 1 amide bonds. The molecule has 3 rings (SSSR count). The van der Waals surface area contributed by atoms with E-state index in [0.29, 0.717) is 29.4 Å². The minimum atomic E-state index is -0.475. The number of hydrogen-bond acceptors (Lipinski definition) is 4. The zero-order valence-corrected chi connectivity index (χ0v) is 13.6. The number of ether oxygens (including phenoxy) is 1. The number of aromatic nitrogens is 2. The molecule has 0 radical (unpaired) electrons. The summed E-state index contributed by atoms with van der Waals surface area (Å²) >= 11 is 0. The Labute approximate surface area is 143 Å². The number of nitrogens with one attached hydrogen (secondary N) is 2. The summed E-state index contributed by atoms with van der Waals surface area (Å²) in [6.45, 7) is 0.398. The van der Waals surface area contributed by atoms with Crippen LogP contribution in [0, 0.1) is 0 Å². The number of aromatic amines is 1. The number of carbonyl (C=O) groups is 1. The second-order valence-electron chi connectivity index (χ2n) is 5.26. The van der Waals surface area contributed by atoms with Gasteiger partial charge in [0.25, 0.3) is 5.91 Å². The van der Waals surface area contributed by atoms with E-state index in [0.717, 1.165) is 10.9 Å². The minimum absolute atomic E-state index is 0.0444. The van der Waals surface area contributed by atoms with Gasteiger partial charge >= 0.3 is 0 Å². The van der Waals surface area contributed by atoms with Crippen LogP contribution in [0.15, 0.2) is 47.6 Å². The first-order valence-electron chi connectivity index (χ1n) is 7.61. The number of aliphatic imine (C=N–C) groups is 1. The Balaban J connectivity index is 1.95. The van der Waals surface area contributed by atoms with Crippen molar-refractivity contribution in [3.05, 3.63) is 53.9 Å². The van der Waals surface area contributed by atoms with Gasteiger partial charge in [-0.2, -0.15) is 4.99 Å². The first-order valence-corrected chi connectivity index (χ1v) is 7.61. The summed E-state index contributed by atoms with van der Waals surface area (Å²) in [5, 5.41) is 3.42. The molecule has 0 saturated carbocycles. The molecule has 25 heavy (non-hydrogen) atoms. The van der Waals surface area contributed by atoms with E-state index in [2.05, 4.69) is 20.3 Å². The smallest absolute Gasteiger partial charge is 0.296 e. The van der Waals surface area contributed by atoms with Crippen molar-refractivity contribution in [2.75, 3.05) is 7.05 Å². The number of benzene rings is 1. The lowest BCUT2D eigenvalue weighted by molar-refractivity contribution is 0.0998. The van der Waals surface area contributed by atoms with E-state index in [1.54, 1.807) is 31.4 Å². The summed E-state index contributed by atoms with van der Waals surface area (Å²) in [5.41, 5.74) is 13.1. The fourth-order valence-corrected chi connectivity index (χ4v) is 2.30. The molecule has 128 valence electrons. The highest BCUT2D eigenvalue weighted by Crippen LogP contribution is 2.29. The van der Waals surface area contributed by atoms with Crippen LogP contribution in [0.3, 0.4) is 0 Å². The van der Waals surface area contributed by atoms with Gasteiger partial charge in [0.1, 0.15) is 5.69 Å². The topological polar surface area (TPSA) is 131 Å². The lowest BCUT2D eigenvalue weighted by Crippen LogP contribution is -2.28. The van der Waals surface area contributed by atoms with Crippen molar-refractivity contribution in [2.24, 2.45) is 16.5 Å². The van der Waals surface area contributed by atoms with E-state index in [1.807, 2.05) is 18.2 Å². The van der Waals surface area contributed by atoms with Crippen LogP contribution in [0.1, 0.15) is 16.1 Å². The number of hydrogen-bond donors (Lipinski definition) is 4. The van der Waals surface area contributed by atoms with E-state index in [1.165, 1.54) is 0 Å². The van der Waals surface area contributed by atoms with Gasteiger partial charge in [-0.15, -0.1) is 0 Å². The maximum Gasteiger partial charge on any atom is 0.296 e. The number of H-pyrrole nitrogens is 1. The first-order chi connectivity index (χ1) is 12.1. The third-order valence-electron chi connectivity index (χ3n) is 3.58. The van der Waals surface area contributed by atoms with Gasteiger partial charge in [-0.05, 0) is 23.8 Å². The number of para-hydroxylation sites is 1. The number of guanidine groups is 1. The molecule has 0 bridgehead atoms. The van der Waals surface area contributed by atoms with E-state index in [4.69, 9.17) is 16.2 Å². The Hall–Kier alpha value is -3.39. The molecule has 0 spiro atoms. The summed E-state index contributed by atoms with van der Waals surface area (Å²) in [6.07, 6.45) is 1.64. The third kappa shape index (κ3) is 3.59. The zero-order chi connectivity index (χ0) is 17.8. The summed E-state index contributed by atoms with van der Waals surface area (Å²) in [4.78, 5) is 23.1. The quantitative estimate of drug-likeness (QED) is 0.421. The summed E-state index contributed by atoms with van der Waals surface area (Å²) in [6, 6.07) is 10.8. The second kappa shape index (κ2) is 7.02. The van der Waals surface area contributed by atoms with Crippen LogP contribution in [0.2, 0.25) is 0 Å². The van der Waals surface area contributed by atoms with Crippen LogP contribution in [-0.2, 0) is 6.54 Å². The molecule has 8 heteroatoms. The molecule has 0 aliphatic rings. The third-order valence-corrected chi connectivity index (χ3v) is 3.58. The standard InChI is InChI=1S/C17H18N6O2/c1-20-17(19)23-16(24)12-8-11-3-2-4-13(15(11)22-12)25-14-7-10(9-18)5-6-21-14/h2-8,22H,9,18H2,1H3,(H3,19,20,23,24). The number of carbonyl (C=O) groups excluding carboxylic acids is 1. The van der Waals surface area contributed by atoms with Gasteiger partial charge in [0, 0.05) is 31.2 Å². The molecule has 2 heterocycles. The number of nitrogens with zero attached hydrogens (tertiary/aromatic N) is 2. The predicted molar refractivity (Wildman–Crippen MR) is 95.5 cm³/mol. The van der Waals surface area contributed by atoms with Crippen molar-refractivity contribution < 1.29 is 9.53 Å². The maximum atomic E-state index is 12.1. The van der Waals surface area contributed by atoms with Crippen molar-refractivity contribution in [1.29, 1.82) is 0 Å². The van der Waals surface area contributed by atoms with Crippen LogP contribution in [-0.4, -0.2) is 28.9 Å². The molecule has 0 unspecified atom stereocenters. The maximum absolute atomic E-state index is 12.1. The molecule has 0 fully saturated rings. The summed E-state index contributed by atoms with van der Waals surface area (Å²) in [7, 11) is 1.59. The fraction of sp³-hybridized carbons (Fsp3) is 0.118. The zero-order valence-electron chi connectivity index (χ0n) is 13.6. The van der Waals surface area contributed by atoms with Gasteiger partial charge in [-0.1, -0.05) is 12.1 Å². The summed E-state index contributed by atoms with van der Waals surface area (Å²) < 4.78 is 5.85. The van der Waals surface area contributed by atoms with Crippen LogP contribution >= 0.6 is 0 Å². The molecule has 0 aliphatic carbocycles. The normalized spacial score (nSPS) is 11.5. The number of amides is 1.